The van der Waals surface area contributed by atoms with Crippen LogP contribution in [0.4, 0.5) is 5.82 Å². The molecule has 0 aromatic carbocycles. The molecule has 2 aliphatic rings. The fourth-order valence-electron chi connectivity index (χ4n) is 3.11. The SMILES string of the molecule is O=C(c1cnccn1)N1CCOCC1c1nccc(N2CCOCC2)n1. The number of amides is 1. The van der Waals surface area contributed by atoms with Crippen molar-refractivity contribution in [2.75, 3.05) is 51.0 Å². The van der Waals surface area contributed by atoms with Gasteiger partial charge in [-0.05, 0) is 6.07 Å². The maximum Gasteiger partial charge on any atom is 0.274 e. The van der Waals surface area contributed by atoms with Crippen molar-refractivity contribution in [3.8, 4) is 0 Å². The van der Waals surface area contributed by atoms with Crippen molar-refractivity contribution in [3.63, 3.8) is 0 Å². The number of anilines is 1. The minimum Gasteiger partial charge on any atom is -0.378 e. The molecule has 0 radical (unpaired) electrons. The summed E-state index contributed by atoms with van der Waals surface area (Å²) in [6.07, 6.45) is 6.26. The Labute approximate surface area is 151 Å². The monoisotopic (exact) mass is 356 g/mol. The number of morpholine rings is 2. The van der Waals surface area contributed by atoms with E-state index in [1.807, 2.05) is 6.07 Å². The average Bonchev–Trinajstić information content (AvgIpc) is 2.74. The quantitative estimate of drug-likeness (QED) is 0.776. The molecule has 2 saturated heterocycles. The first-order valence-corrected chi connectivity index (χ1v) is 8.63. The average molecular weight is 356 g/mol. The fourth-order valence-corrected chi connectivity index (χ4v) is 3.11. The van der Waals surface area contributed by atoms with Crippen molar-refractivity contribution in [1.29, 1.82) is 0 Å². The molecule has 2 fully saturated rings. The Morgan fingerprint density at radius 2 is 1.88 bits per heavy atom. The molecule has 0 spiro atoms. The second-order valence-electron chi connectivity index (χ2n) is 6.05. The van der Waals surface area contributed by atoms with E-state index in [9.17, 15) is 4.79 Å². The Balaban J connectivity index is 1.59. The minimum atomic E-state index is -0.348. The smallest absolute Gasteiger partial charge is 0.274 e. The van der Waals surface area contributed by atoms with Gasteiger partial charge < -0.3 is 19.3 Å². The number of aromatic nitrogens is 4. The first-order chi connectivity index (χ1) is 12.8. The molecule has 4 heterocycles. The van der Waals surface area contributed by atoms with E-state index in [1.165, 1.54) is 12.4 Å². The van der Waals surface area contributed by atoms with E-state index in [2.05, 4.69) is 19.9 Å². The Morgan fingerprint density at radius 3 is 2.69 bits per heavy atom. The van der Waals surface area contributed by atoms with E-state index < -0.39 is 0 Å². The van der Waals surface area contributed by atoms with E-state index in [0.29, 0.717) is 44.5 Å². The van der Waals surface area contributed by atoms with Gasteiger partial charge >= 0.3 is 0 Å². The van der Waals surface area contributed by atoms with Crippen LogP contribution in [0.1, 0.15) is 22.4 Å². The molecule has 0 saturated carbocycles. The number of hydrogen-bond acceptors (Lipinski definition) is 8. The van der Waals surface area contributed by atoms with Crippen molar-refractivity contribution in [3.05, 3.63) is 42.4 Å². The number of carbonyl (C=O) groups is 1. The highest BCUT2D eigenvalue weighted by Crippen LogP contribution is 2.24. The highest BCUT2D eigenvalue weighted by molar-refractivity contribution is 5.92. The number of nitrogens with zero attached hydrogens (tertiary/aromatic N) is 6. The maximum atomic E-state index is 12.9. The van der Waals surface area contributed by atoms with Crippen LogP contribution in [0.5, 0.6) is 0 Å². The molecule has 1 atom stereocenters. The third kappa shape index (κ3) is 3.49. The zero-order chi connectivity index (χ0) is 17.8. The van der Waals surface area contributed by atoms with Gasteiger partial charge in [0, 0.05) is 38.2 Å². The molecule has 4 rings (SSSR count). The van der Waals surface area contributed by atoms with E-state index >= 15 is 0 Å². The molecule has 0 N–H and O–H groups in total. The molecular formula is C17H20N6O3. The number of carbonyl (C=O) groups excluding carboxylic acids is 1. The highest BCUT2D eigenvalue weighted by atomic mass is 16.5. The van der Waals surface area contributed by atoms with Gasteiger partial charge in [0.25, 0.3) is 5.91 Å². The van der Waals surface area contributed by atoms with Gasteiger partial charge in [-0.3, -0.25) is 9.78 Å². The molecule has 2 aliphatic heterocycles. The van der Waals surface area contributed by atoms with Crippen LogP contribution < -0.4 is 4.90 Å². The lowest BCUT2D eigenvalue weighted by atomic mass is 10.2. The van der Waals surface area contributed by atoms with Gasteiger partial charge in [0.2, 0.25) is 0 Å². The van der Waals surface area contributed by atoms with Crippen molar-refractivity contribution >= 4 is 11.7 Å². The predicted octanol–water partition coefficient (Wildman–Crippen LogP) is 0.317. The molecule has 1 amide bonds. The Morgan fingerprint density at radius 1 is 1.04 bits per heavy atom. The van der Waals surface area contributed by atoms with Crippen LogP contribution in [0.25, 0.3) is 0 Å². The van der Waals surface area contributed by atoms with Gasteiger partial charge in [-0.25, -0.2) is 15.0 Å². The molecule has 2 aromatic rings. The van der Waals surface area contributed by atoms with Crippen LogP contribution in [0, 0.1) is 0 Å². The topological polar surface area (TPSA) is 93.6 Å². The summed E-state index contributed by atoms with van der Waals surface area (Å²) in [5.74, 6) is 1.23. The number of hydrogen-bond donors (Lipinski definition) is 0. The molecule has 0 aliphatic carbocycles. The third-order valence-corrected chi connectivity index (χ3v) is 4.46. The van der Waals surface area contributed by atoms with Gasteiger partial charge in [0.05, 0.1) is 32.6 Å². The van der Waals surface area contributed by atoms with E-state index in [4.69, 9.17) is 14.5 Å². The maximum absolute atomic E-state index is 12.9. The Hall–Kier alpha value is -2.65. The first-order valence-electron chi connectivity index (χ1n) is 8.63. The van der Waals surface area contributed by atoms with Crippen molar-refractivity contribution in [2.45, 2.75) is 6.04 Å². The third-order valence-electron chi connectivity index (χ3n) is 4.46. The summed E-state index contributed by atoms with van der Waals surface area (Å²) in [6, 6.07) is 1.53. The van der Waals surface area contributed by atoms with Gasteiger partial charge in [-0.15, -0.1) is 0 Å². The molecule has 9 heteroatoms. The summed E-state index contributed by atoms with van der Waals surface area (Å²) in [7, 11) is 0. The van der Waals surface area contributed by atoms with Gasteiger partial charge in [0.1, 0.15) is 17.6 Å². The number of ether oxygens (including phenoxy) is 2. The lowest BCUT2D eigenvalue weighted by molar-refractivity contribution is -0.00554. The van der Waals surface area contributed by atoms with Gasteiger partial charge in [-0.1, -0.05) is 0 Å². The molecular weight excluding hydrogens is 336 g/mol. The second-order valence-corrected chi connectivity index (χ2v) is 6.05. The molecule has 26 heavy (non-hydrogen) atoms. The second kappa shape index (κ2) is 7.71. The van der Waals surface area contributed by atoms with E-state index in [1.54, 1.807) is 17.3 Å². The van der Waals surface area contributed by atoms with Crippen LogP contribution in [0.3, 0.4) is 0 Å². The predicted molar refractivity (Wildman–Crippen MR) is 91.7 cm³/mol. The van der Waals surface area contributed by atoms with Gasteiger partial charge in [0.15, 0.2) is 5.82 Å². The number of rotatable bonds is 3. The first kappa shape index (κ1) is 16.8. The summed E-state index contributed by atoms with van der Waals surface area (Å²) in [4.78, 5) is 33.9. The van der Waals surface area contributed by atoms with Crippen LogP contribution >= 0.6 is 0 Å². The lowest BCUT2D eigenvalue weighted by Crippen LogP contribution is -2.44. The summed E-state index contributed by atoms with van der Waals surface area (Å²) in [5.41, 5.74) is 0.309. The van der Waals surface area contributed by atoms with Crippen molar-refractivity contribution in [2.24, 2.45) is 0 Å². The summed E-state index contributed by atoms with van der Waals surface area (Å²) < 4.78 is 11.0. The Kier molecular flexibility index (Phi) is 4.98. The van der Waals surface area contributed by atoms with Crippen LogP contribution in [-0.2, 0) is 9.47 Å². The highest BCUT2D eigenvalue weighted by Gasteiger charge is 2.32. The zero-order valence-corrected chi connectivity index (χ0v) is 14.3. The molecule has 2 aromatic heterocycles. The fraction of sp³-hybridized carbons (Fsp3) is 0.471. The van der Waals surface area contributed by atoms with Crippen molar-refractivity contribution in [1.82, 2.24) is 24.8 Å². The van der Waals surface area contributed by atoms with E-state index in [-0.39, 0.29) is 11.9 Å². The Bertz CT molecular complexity index is 753. The van der Waals surface area contributed by atoms with E-state index in [0.717, 1.165) is 18.9 Å². The zero-order valence-electron chi connectivity index (χ0n) is 14.3. The lowest BCUT2D eigenvalue weighted by Gasteiger charge is -2.35. The largest absolute Gasteiger partial charge is 0.378 e. The summed E-state index contributed by atoms with van der Waals surface area (Å²) in [5, 5.41) is 0. The standard InChI is InChI=1S/C17H20N6O3/c24-17(13-11-18-3-4-19-13)23-7-10-26-12-14(23)16-20-2-1-15(21-16)22-5-8-25-9-6-22/h1-4,11,14H,5-10,12H2. The summed E-state index contributed by atoms with van der Waals surface area (Å²) in [6.45, 7) is 4.25. The molecule has 1 unspecified atom stereocenters. The molecule has 9 nitrogen and oxygen atoms in total. The van der Waals surface area contributed by atoms with Gasteiger partial charge in [-0.2, -0.15) is 0 Å². The van der Waals surface area contributed by atoms with Crippen LogP contribution in [0.15, 0.2) is 30.9 Å². The molecule has 0 bridgehead atoms. The van der Waals surface area contributed by atoms with Crippen LogP contribution in [-0.4, -0.2) is 76.8 Å². The van der Waals surface area contributed by atoms with Crippen molar-refractivity contribution < 1.29 is 14.3 Å². The summed E-state index contributed by atoms with van der Waals surface area (Å²) >= 11 is 0. The normalized spacial score (nSPS) is 20.8. The molecule has 136 valence electrons. The minimum absolute atomic E-state index is 0.188. The van der Waals surface area contributed by atoms with Crippen LogP contribution in [0.2, 0.25) is 0 Å².